The summed E-state index contributed by atoms with van der Waals surface area (Å²) in [6, 6.07) is 11.8. The second kappa shape index (κ2) is 8.44. The second-order valence-electron chi connectivity index (χ2n) is 7.33. The van der Waals surface area contributed by atoms with Crippen LogP contribution in [0.1, 0.15) is 46.5 Å². The van der Waals surface area contributed by atoms with Crippen LogP contribution >= 0.6 is 0 Å². The van der Waals surface area contributed by atoms with Crippen LogP contribution in [0.4, 0.5) is 0 Å². The van der Waals surface area contributed by atoms with E-state index in [1.807, 2.05) is 54.4 Å². The Morgan fingerprint density at radius 2 is 1.89 bits per heavy atom. The van der Waals surface area contributed by atoms with Crippen LogP contribution in [0.3, 0.4) is 0 Å². The Hall–Kier alpha value is -2.86. The van der Waals surface area contributed by atoms with Gasteiger partial charge in [0.05, 0.1) is 6.20 Å². The predicted molar refractivity (Wildman–Crippen MR) is 108 cm³/mol. The number of furan rings is 1. The lowest BCUT2D eigenvalue weighted by molar-refractivity contribution is 0.0724. The van der Waals surface area contributed by atoms with Gasteiger partial charge in [-0.25, -0.2) is 0 Å². The maximum absolute atomic E-state index is 12.5. The first-order chi connectivity index (χ1) is 13.7. The number of aromatic amines is 1. The van der Waals surface area contributed by atoms with E-state index in [0.29, 0.717) is 6.54 Å². The standard InChI is InChI=1S/C22H26N4O2/c1-16-5-10-20(28-16)21-19(15-24-25-21)14-23-13-17-6-8-18(9-7-17)22(27)26-11-3-2-4-12-26/h5-10,15,23H,2-4,11-14H2,1H3,(H,24,25). The van der Waals surface area contributed by atoms with Crippen LogP contribution in [0.15, 0.2) is 47.0 Å². The molecular weight excluding hydrogens is 352 g/mol. The molecule has 28 heavy (non-hydrogen) atoms. The highest BCUT2D eigenvalue weighted by atomic mass is 16.3. The minimum atomic E-state index is 0.149. The summed E-state index contributed by atoms with van der Waals surface area (Å²) in [5, 5.41) is 10.6. The van der Waals surface area contributed by atoms with Gasteiger partial charge in [0.1, 0.15) is 11.5 Å². The third kappa shape index (κ3) is 4.17. The summed E-state index contributed by atoms with van der Waals surface area (Å²) >= 11 is 0. The molecule has 1 aliphatic heterocycles. The predicted octanol–water partition coefficient (Wildman–Crippen LogP) is 3.89. The molecule has 1 aromatic carbocycles. The van der Waals surface area contributed by atoms with Gasteiger partial charge in [0.25, 0.3) is 5.91 Å². The van der Waals surface area contributed by atoms with Crippen LogP contribution in [-0.2, 0) is 13.1 Å². The molecule has 0 unspecified atom stereocenters. The van der Waals surface area contributed by atoms with Crippen molar-refractivity contribution in [3.8, 4) is 11.5 Å². The fourth-order valence-electron chi connectivity index (χ4n) is 3.61. The van der Waals surface area contributed by atoms with Crippen LogP contribution in [0.25, 0.3) is 11.5 Å². The Kier molecular flexibility index (Phi) is 5.58. The van der Waals surface area contributed by atoms with Crippen molar-refractivity contribution in [1.82, 2.24) is 20.4 Å². The molecule has 1 aliphatic rings. The normalized spacial score (nSPS) is 14.4. The third-order valence-corrected chi connectivity index (χ3v) is 5.19. The number of hydrogen-bond acceptors (Lipinski definition) is 4. The van der Waals surface area contributed by atoms with Crippen molar-refractivity contribution in [2.75, 3.05) is 13.1 Å². The molecular formula is C22H26N4O2. The quantitative estimate of drug-likeness (QED) is 0.682. The topological polar surface area (TPSA) is 74.2 Å². The fraction of sp³-hybridized carbons (Fsp3) is 0.364. The van der Waals surface area contributed by atoms with Crippen LogP contribution in [-0.4, -0.2) is 34.1 Å². The molecule has 0 saturated carbocycles. The van der Waals surface area contributed by atoms with Crippen molar-refractivity contribution in [1.29, 1.82) is 0 Å². The first-order valence-electron chi connectivity index (χ1n) is 9.89. The van der Waals surface area contributed by atoms with Gasteiger partial charge in [-0.3, -0.25) is 9.89 Å². The lowest BCUT2D eigenvalue weighted by Crippen LogP contribution is -2.35. The van der Waals surface area contributed by atoms with Crippen LogP contribution in [0, 0.1) is 6.92 Å². The molecule has 4 rings (SSSR count). The van der Waals surface area contributed by atoms with Gasteiger partial charge in [0, 0.05) is 37.3 Å². The van der Waals surface area contributed by atoms with E-state index in [9.17, 15) is 4.79 Å². The number of amides is 1. The number of H-pyrrole nitrogens is 1. The van der Waals surface area contributed by atoms with E-state index in [-0.39, 0.29) is 5.91 Å². The van der Waals surface area contributed by atoms with E-state index < -0.39 is 0 Å². The second-order valence-corrected chi connectivity index (χ2v) is 7.33. The number of aryl methyl sites for hydroxylation is 1. The number of carbonyl (C=O) groups excluding carboxylic acids is 1. The van der Waals surface area contributed by atoms with E-state index in [0.717, 1.165) is 66.4 Å². The fourth-order valence-corrected chi connectivity index (χ4v) is 3.61. The SMILES string of the molecule is Cc1ccc(-c2[nH]ncc2CNCc2ccc(C(=O)N3CCCCC3)cc2)o1. The van der Waals surface area contributed by atoms with E-state index in [4.69, 9.17) is 4.42 Å². The summed E-state index contributed by atoms with van der Waals surface area (Å²) in [5.41, 5.74) is 3.89. The molecule has 1 fully saturated rings. The number of carbonyl (C=O) groups is 1. The zero-order chi connectivity index (χ0) is 19.3. The summed E-state index contributed by atoms with van der Waals surface area (Å²) in [7, 11) is 0. The van der Waals surface area contributed by atoms with Crippen molar-refractivity contribution in [2.45, 2.75) is 39.3 Å². The van der Waals surface area contributed by atoms with E-state index in [1.54, 1.807) is 0 Å². The van der Waals surface area contributed by atoms with Crippen molar-refractivity contribution < 1.29 is 9.21 Å². The summed E-state index contributed by atoms with van der Waals surface area (Å²) in [6.07, 6.45) is 5.27. The van der Waals surface area contributed by atoms with Gasteiger partial charge in [-0.1, -0.05) is 12.1 Å². The molecule has 6 heteroatoms. The molecule has 0 bridgehead atoms. The van der Waals surface area contributed by atoms with Gasteiger partial charge in [0.15, 0.2) is 5.76 Å². The van der Waals surface area contributed by atoms with Crippen molar-refractivity contribution in [3.63, 3.8) is 0 Å². The molecule has 146 valence electrons. The van der Waals surface area contributed by atoms with E-state index in [1.165, 1.54) is 6.42 Å². The van der Waals surface area contributed by atoms with Gasteiger partial charge in [0.2, 0.25) is 0 Å². The lowest BCUT2D eigenvalue weighted by atomic mass is 10.1. The number of nitrogens with zero attached hydrogens (tertiary/aromatic N) is 2. The maximum atomic E-state index is 12.5. The van der Waals surface area contributed by atoms with Crippen LogP contribution < -0.4 is 5.32 Å². The summed E-state index contributed by atoms with van der Waals surface area (Å²) in [5.74, 6) is 1.83. The molecule has 3 aromatic rings. The van der Waals surface area contributed by atoms with Gasteiger partial charge >= 0.3 is 0 Å². The Morgan fingerprint density at radius 1 is 1.11 bits per heavy atom. The maximum Gasteiger partial charge on any atom is 0.253 e. The minimum absolute atomic E-state index is 0.149. The number of nitrogens with one attached hydrogen (secondary N) is 2. The number of hydrogen-bond donors (Lipinski definition) is 2. The monoisotopic (exact) mass is 378 g/mol. The molecule has 0 spiro atoms. The number of benzene rings is 1. The van der Waals surface area contributed by atoms with E-state index >= 15 is 0 Å². The highest BCUT2D eigenvalue weighted by Gasteiger charge is 2.17. The smallest absolute Gasteiger partial charge is 0.253 e. The zero-order valence-electron chi connectivity index (χ0n) is 16.2. The summed E-state index contributed by atoms with van der Waals surface area (Å²) < 4.78 is 5.68. The van der Waals surface area contributed by atoms with Gasteiger partial charge < -0.3 is 14.6 Å². The first kappa shape index (κ1) is 18.5. The Balaban J connectivity index is 1.32. The summed E-state index contributed by atoms with van der Waals surface area (Å²) in [4.78, 5) is 14.5. The number of likely N-dealkylation sites (tertiary alicyclic amines) is 1. The average molecular weight is 378 g/mol. The lowest BCUT2D eigenvalue weighted by Gasteiger charge is -2.26. The minimum Gasteiger partial charge on any atom is -0.460 e. The Labute approximate surface area is 164 Å². The molecule has 3 heterocycles. The van der Waals surface area contributed by atoms with Gasteiger partial charge in [-0.2, -0.15) is 5.10 Å². The molecule has 1 amide bonds. The largest absolute Gasteiger partial charge is 0.460 e. The van der Waals surface area contributed by atoms with Crippen LogP contribution in [0.5, 0.6) is 0 Å². The molecule has 0 radical (unpaired) electrons. The van der Waals surface area contributed by atoms with E-state index in [2.05, 4.69) is 15.5 Å². The highest BCUT2D eigenvalue weighted by molar-refractivity contribution is 5.94. The molecule has 0 aliphatic carbocycles. The van der Waals surface area contributed by atoms with Crippen LogP contribution in [0.2, 0.25) is 0 Å². The molecule has 0 atom stereocenters. The molecule has 2 aromatic heterocycles. The van der Waals surface area contributed by atoms with Gasteiger partial charge in [-0.15, -0.1) is 0 Å². The Bertz CT molecular complexity index is 920. The third-order valence-electron chi connectivity index (χ3n) is 5.19. The molecule has 2 N–H and O–H groups in total. The summed E-state index contributed by atoms with van der Waals surface area (Å²) in [6.45, 7) is 5.09. The average Bonchev–Trinajstić information content (AvgIpc) is 3.37. The molecule has 1 saturated heterocycles. The number of piperidine rings is 1. The zero-order valence-corrected chi connectivity index (χ0v) is 16.2. The number of rotatable bonds is 6. The van der Waals surface area contributed by atoms with Crippen molar-refractivity contribution in [2.24, 2.45) is 0 Å². The first-order valence-corrected chi connectivity index (χ1v) is 9.89. The molecule has 6 nitrogen and oxygen atoms in total. The number of aromatic nitrogens is 2. The van der Waals surface area contributed by atoms with Crippen molar-refractivity contribution in [3.05, 3.63) is 65.0 Å². The van der Waals surface area contributed by atoms with Gasteiger partial charge in [-0.05, 0) is 56.0 Å². The van der Waals surface area contributed by atoms with Crippen molar-refractivity contribution >= 4 is 5.91 Å². The Morgan fingerprint density at radius 3 is 2.61 bits per heavy atom. The highest BCUT2D eigenvalue weighted by Crippen LogP contribution is 2.23.